The fourth-order valence-corrected chi connectivity index (χ4v) is 1.25. The first kappa shape index (κ1) is 11.2. The van der Waals surface area contributed by atoms with Gasteiger partial charge >= 0.3 is 6.18 Å². The van der Waals surface area contributed by atoms with Crippen molar-refractivity contribution in [2.24, 2.45) is 0 Å². The van der Waals surface area contributed by atoms with Gasteiger partial charge in [-0.05, 0) is 0 Å². The third-order valence-corrected chi connectivity index (χ3v) is 2.23. The Labute approximate surface area is 85.9 Å². The van der Waals surface area contributed by atoms with Gasteiger partial charge in [-0.15, -0.1) is 10.2 Å². The molecule has 1 aromatic rings. The first-order valence-electron chi connectivity index (χ1n) is 3.25. The van der Waals surface area contributed by atoms with E-state index < -0.39 is 17.1 Å². The quantitative estimate of drug-likeness (QED) is 0.772. The fourth-order valence-electron chi connectivity index (χ4n) is 0.547. The zero-order valence-corrected chi connectivity index (χ0v) is 8.21. The summed E-state index contributed by atoms with van der Waals surface area (Å²) in [6.07, 6.45) is -4.53. The number of carbonyl (C=O) groups is 1. The minimum atomic E-state index is -4.53. The molecule has 1 aromatic heterocycles. The molecular formula is C5H4F3N3OS2. The summed E-state index contributed by atoms with van der Waals surface area (Å²) < 4.78 is 36.0. The minimum absolute atomic E-state index is 0.124. The molecule has 0 unspecified atom stereocenters. The summed E-state index contributed by atoms with van der Waals surface area (Å²) in [5, 5.41) is 6.87. The third-order valence-electron chi connectivity index (χ3n) is 1.06. The maximum atomic E-state index is 12.0. The van der Waals surface area contributed by atoms with Crippen LogP contribution in [0.15, 0.2) is 0 Å². The molecule has 78 valence electrons. The van der Waals surface area contributed by atoms with Crippen LogP contribution in [0.3, 0.4) is 0 Å². The van der Waals surface area contributed by atoms with Crippen molar-refractivity contribution in [2.75, 3.05) is 11.1 Å². The normalized spacial score (nSPS) is 11.4. The Bertz CT molecular complexity index is 337. The highest BCUT2D eigenvalue weighted by Gasteiger charge is 2.35. The Balaban J connectivity index is 2.74. The molecule has 0 fully saturated rings. The predicted molar refractivity (Wildman–Crippen MR) is 47.4 cm³/mol. The molecule has 0 saturated heterocycles. The van der Waals surface area contributed by atoms with E-state index in [9.17, 15) is 18.0 Å². The summed E-state index contributed by atoms with van der Waals surface area (Å²) >= 11 is 3.90. The van der Waals surface area contributed by atoms with Gasteiger partial charge in [-0.1, -0.05) is 11.3 Å². The van der Waals surface area contributed by atoms with Gasteiger partial charge in [0, 0.05) is 0 Å². The van der Waals surface area contributed by atoms with Gasteiger partial charge in [-0.2, -0.15) is 25.8 Å². The van der Waals surface area contributed by atoms with Crippen LogP contribution in [0.2, 0.25) is 0 Å². The van der Waals surface area contributed by atoms with Crippen LogP contribution in [-0.2, 0) is 11.0 Å². The molecule has 0 saturated carbocycles. The number of rotatable bonds is 2. The third kappa shape index (κ3) is 2.84. The maximum absolute atomic E-state index is 12.0. The van der Waals surface area contributed by atoms with E-state index >= 15 is 0 Å². The monoisotopic (exact) mass is 243 g/mol. The molecule has 1 rings (SSSR count). The molecule has 0 aliphatic heterocycles. The van der Waals surface area contributed by atoms with E-state index in [4.69, 9.17) is 0 Å². The van der Waals surface area contributed by atoms with Gasteiger partial charge in [0.25, 0.3) is 0 Å². The van der Waals surface area contributed by atoms with Crippen molar-refractivity contribution >= 4 is 35.0 Å². The molecule has 1 heterocycles. The molecule has 1 amide bonds. The number of nitrogens with one attached hydrogen (secondary N) is 1. The molecule has 1 N–H and O–H groups in total. The van der Waals surface area contributed by atoms with Crippen LogP contribution in [0.4, 0.5) is 18.3 Å². The van der Waals surface area contributed by atoms with Gasteiger partial charge in [0.05, 0.1) is 5.75 Å². The zero-order valence-electron chi connectivity index (χ0n) is 6.50. The van der Waals surface area contributed by atoms with Crippen LogP contribution in [0.1, 0.15) is 5.01 Å². The number of amides is 1. The highest BCUT2D eigenvalue weighted by Crippen LogP contribution is 2.32. The van der Waals surface area contributed by atoms with E-state index in [1.54, 1.807) is 0 Å². The lowest BCUT2D eigenvalue weighted by molar-refractivity contribution is -0.138. The second-order valence-electron chi connectivity index (χ2n) is 2.12. The van der Waals surface area contributed by atoms with Gasteiger partial charge in [0.1, 0.15) is 0 Å². The first-order valence-corrected chi connectivity index (χ1v) is 4.70. The number of thiol groups is 1. The van der Waals surface area contributed by atoms with Crippen molar-refractivity contribution in [2.45, 2.75) is 6.18 Å². The van der Waals surface area contributed by atoms with E-state index in [0.717, 1.165) is 0 Å². The highest BCUT2D eigenvalue weighted by atomic mass is 32.1. The molecule has 4 nitrogen and oxygen atoms in total. The van der Waals surface area contributed by atoms with E-state index in [1.807, 2.05) is 0 Å². The lowest BCUT2D eigenvalue weighted by atomic mass is 10.7. The lowest BCUT2D eigenvalue weighted by Gasteiger charge is -1.97. The number of hydrogen-bond acceptors (Lipinski definition) is 5. The second-order valence-corrected chi connectivity index (χ2v) is 3.41. The molecule has 0 aromatic carbocycles. The number of aromatic nitrogens is 2. The fraction of sp³-hybridized carbons (Fsp3) is 0.400. The smallest absolute Gasteiger partial charge is 0.300 e. The summed E-state index contributed by atoms with van der Waals surface area (Å²) in [5.74, 6) is -0.654. The number of halogens is 3. The summed E-state index contributed by atoms with van der Waals surface area (Å²) in [4.78, 5) is 10.7. The van der Waals surface area contributed by atoms with E-state index in [-0.39, 0.29) is 22.2 Å². The van der Waals surface area contributed by atoms with E-state index in [1.165, 1.54) is 0 Å². The Kier molecular flexibility index (Phi) is 3.32. The molecule has 0 spiro atoms. The Morgan fingerprint density at radius 3 is 2.57 bits per heavy atom. The average molecular weight is 243 g/mol. The Morgan fingerprint density at radius 1 is 1.50 bits per heavy atom. The van der Waals surface area contributed by atoms with Gasteiger partial charge in [0.15, 0.2) is 0 Å². The standard InChI is InChI=1S/C5H4F3N3OS2/c6-5(7,8)3-10-11-4(14-3)9-2(12)1-13/h13H,1H2,(H,9,11,12). The van der Waals surface area contributed by atoms with Crippen molar-refractivity contribution in [1.29, 1.82) is 0 Å². The van der Waals surface area contributed by atoms with Crippen LogP contribution < -0.4 is 5.32 Å². The van der Waals surface area contributed by atoms with Crippen molar-refractivity contribution in [1.82, 2.24) is 10.2 Å². The lowest BCUT2D eigenvalue weighted by Crippen LogP contribution is -2.12. The zero-order chi connectivity index (χ0) is 10.8. The molecular weight excluding hydrogens is 239 g/mol. The van der Waals surface area contributed by atoms with Gasteiger partial charge < -0.3 is 0 Å². The van der Waals surface area contributed by atoms with Crippen molar-refractivity contribution < 1.29 is 18.0 Å². The number of carbonyl (C=O) groups excluding carboxylic acids is 1. The maximum Gasteiger partial charge on any atom is 0.445 e. The molecule has 9 heteroatoms. The molecule has 0 atom stereocenters. The first-order chi connectivity index (χ1) is 6.43. The second kappa shape index (κ2) is 4.13. The number of nitrogens with zero attached hydrogens (tertiary/aromatic N) is 2. The van der Waals surface area contributed by atoms with Crippen LogP contribution in [0.5, 0.6) is 0 Å². The Morgan fingerprint density at radius 2 is 2.14 bits per heavy atom. The highest BCUT2D eigenvalue weighted by molar-refractivity contribution is 7.81. The van der Waals surface area contributed by atoms with Crippen molar-refractivity contribution in [3.63, 3.8) is 0 Å². The van der Waals surface area contributed by atoms with Crippen LogP contribution in [0.25, 0.3) is 0 Å². The number of hydrogen-bond donors (Lipinski definition) is 2. The minimum Gasteiger partial charge on any atom is -0.300 e. The SMILES string of the molecule is O=C(CS)Nc1nnc(C(F)(F)F)s1. The van der Waals surface area contributed by atoms with Gasteiger partial charge in [-0.3, -0.25) is 10.1 Å². The molecule has 0 bridgehead atoms. The van der Waals surface area contributed by atoms with Gasteiger partial charge in [-0.25, -0.2) is 0 Å². The summed E-state index contributed by atoms with van der Waals surface area (Å²) in [5.41, 5.74) is 0. The predicted octanol–water partition coefficient (Wildman–Crippen LogP) is 1.43. The molecule has 0 radical (unpaired) electrons. The summed E-state index contributed by atoms with van der Waals surface area (Å²) in [6.45, 7) is 0. The van der Waals surface area contributed by atoms with Crippen LogP contribution in [0, 0.1) is 0 Å². The van der Waals surface area contributed by atoms with E-state index in [0.29, 0.717) is 0 Å². The Hall–Kier alpha value is -0.830. The van der Waals surface area contributed by atoms with Gasteiger partial charge in [0.2, 0.25) is 16.0 Å². The summed E-state index contributed by atoms with van der Waals surface area (Å²) in [7, 11) is 0. The van der Waals surface area contributed by atoms with Crippen molar-refractivity contribution in [3.8, 4) is 0 Å². The van der Waals surface area contributed by atoms with Crippen LogP contribution in [-0.4, -0.2) is 21.9 Å². The average Bonchev–Trinajstić information content (AvgIpc) is 2.51. The van der Waals surface area contributed by atoms with E-state index in [2.05, 4.69) is 28.1 Å². The number of alkyl halides is 3. The van der Waals surface area contributed by atoms with Crippen molar-refractivity contribution in [3.05, 3.63) is 5.01 Å². The largest absolute Gasteiger partial charge is 0.445 e. The molecule has 0 aliphatic rings. The summed E-state index contributed by atoms with van der Waals surface area (Å²) in [6, 6.07) is 0. The topological polar surface area (TPSA) is 54.9 Å². The molecule has 14 heavy (non-hydrogen) atoms. The number of anilines is 1. The van der Waals surface area contributed by atoms with Crippen LogP contribution >= 0.6 is 24.0 Å². The molecule has 0 aliphatic carbocycles.